The number of urea groups is 1. The van der Waals surface area contributed by atoms with Crippen molar-refractivity contribution in [1.29, 1.82) is 0 Å². The van der Waals surface area contributed by atoms with E-state index in [9.17, 15) is 18.0 Å². The van der Waals surface area contributed by atoms with E-state index in [4.69, 9.17) is 4.74 Å². The van der Waals surface area contributed by atoms with Crippen molar-refractivity contribution in [3.05, 3.63) is 17.0 Å². The molecule has 1 aromatic rings. The monoisotopic (exact) mass is 320 g/mol. The number of halogens is 3. The smallest absolute Gasteiger partial charge is 0.376 e. The van der Waals surface area contributed by atoms with Crippen LogP contribution >= 0.6 is 0 Å². The normalized spacial score (nSPS) is 14.8. The van der Waals surface area contributed by atoms with Gasteiger partial charge in [-0.3, -0.25) is 4.68 Å². The molecule has 0 atom stereocenters. The number of nitrogens with zero attached hydrogens (tertiary/aromatic N) is 2. The fourth-order valence-electron chi connectivity index (χ4n) is 2.31. The third kappa shape index (κ3) is 3.90. The molecule has 124 valence electrons. The predicted octanol–water partition coefficient (Wildman–Crippen LogP) is 1.68. The highest BCUT2D eigenvalue weighted by molar-refractivity contribution is 5.73. The Morgan fingerprint density at radius 3 is 2.82 bits per heavy atom. The fourth-order valence-corrected chi connectivity index (χ4v) is 2.31. The maximum Gasteiger partial charge on any atom is 0.435 e. The Morgan fingerprint density at radius 2 is 2.18 bits per heavy atom. The summed E-state index contributed by atoms with van der Waals surface area (Å²) in [6.07, 6.45) is -4.12. The second kappa shape index (κ2) is 6.55. The number of rotatable bonds is 4. The molecule has 0 fully saturated rings. The first-order chi connectivity index (χ1) is 10.3. The number of hydrogen-bond donors (Lipinski definition) is 2. The highest BCUT2D eigenvalue weighted by Gasteiger charge is 2.39. The van der Waals surface area contributed by atoms with E-state index >= 15 is 0 Å². The summed E-state index contributed by atoms with van der Waals surface area (Å²) >= 11 is 0. The fraction of sp³-hybridized carbons (Fsp3) is 0.692. The first-order valence-electron chi connectivity index (χ1n) is 7.07. The molecule has 1 aliphatic rings. The Labute approximate surface area is 126 Å². The average molecular weight is 320 g/mol. The van der Waals surface area contributed by atoms with Crippen LogP contribution < -0.4 is 10.6 Å². The van der Waals surface area contributed by atoms with E-state index in [0.29, 0.717) is 18.7 Å². The van der Waals surface area contributed by atoms with Crippen LogP contribution in [0.2, 0.25) is 0 Å². The van der Waals surface area contributed by atoms with Crippen molar-refractivity contribution >= 4 is 6.03 Å². The zero-order valence-electron chi connectivity index (χ0n) is 12.5. The third-order valence-electron chi connectivity index (χ3n) is 3.19. The number of ether oxygens (including phenoxy) is 1. The van der Waals surface area contributed by atoms with Crippen LogP contribution in [0.25, 0.3) is 0 Å². The van der Waals surface area contributed by atoms with Gasteiger partial charge in [0.1, 0.15) is 0 Å². The summed E-state index contributed by atoms with van der Waals surface area (Å²) in [5.41, 5.74) is -0.260. The second-order valence-electron chi connectivity index (χ2n) is 5.35. The van der Waals surface area contributed by atoms with Crippen LogP contribution in [-0.2, 0) is 30.5 Å². The van der Waals surface area contributed by atoms with Gasteiger partial charge in [0.25, 0.3) is 0 Å². The zero-order valence-corrected chi connectivity index (χ0v) is 12.5. The SMILES string of the molecule is CC(C)NC(=O)NCCn1nc(C(F)(F)F)c2c1CCOC2. The topological polar surface area (TPSA) is 68.2 Å². The molecule has 2 amide bonds. The second-order valence-corrected chi connectivity index (χ2v) is 5.35. The molecule has 6 nitrogen and oxygen atoms in total. The molecule has 1 aromatic heterocycles. The van der Waals surface area contributed by atoms with Gasteiger partial charge in [-0.05, 0) is 13.8 Å². The maximum atomic E-state index is 13.0. The molecule has 0 bridgehead atoms. The van der Waals surface area contributed by atoms with Gasteiger partial charge in [-0.1, -0.05) is 0 Å². The van der Waals surface area contributed by atoms with Gasteiger partial charge in [0.2, 0.25) is 0 Å². The van der Waals surface area contributed by atoms with Gasteiger partial charge >= 0.3 is 12.2 Å². The highest BCUT2D eigenvalue weighted by Crippen LogP contribution is 2.34. The van der Waals surface area contributed by atoms with E-state index in [1.54, 1.807) is 0 Å². The molecule has 1 aliphatic heterocycles. The molecular formula is C13H19F3N4O2. The molecule has 22 heavy (non-hydrogen) atoms. The van der Waals surface area contributed by atoms with E-state index in [2.05, 4.69) is 15.7 Å². The predicted molar refractivity (Wildman–Crippen MR) is 72.3 cm³/mol. The quantitative estimate of drug-likeness (QED) is 0.887. The Hall–Kier alpha value is -1.77. The minimum Gasteiger partial charge on any atom is -0.376 e. The van der Waals surface area contributed by atoms with E-state index in [1.165, 1.54) is 4.68 Å². The number of aromatic nitrogens is 2. The lowest BCUT2D eigenvalue weighted by Crippen LogP contribution is -2.40. The first-order valence-corrected chi connectivity index (χ1v) is 7.07. The van der Waals surface area contributed by atoms with Crippen molar-refractivity contribution < 1.29 is 22.7 Å². The molecule has 2 heterocycles. The average Bonchev–Trinajstić information content (AvgIpc) is 2.77. The summed E-state index contributed by atoms with van der Waals surface area (Å²) in [5.74, 6) is 0. The molecule has 2 N–H and O–H groups in total. The van der Waals surface area contributed by atoms with Crippen LogP contribution in [0.1, 0.15) is 30.8 Å². The van der Waals surface area contributed by atoms with Gasteiger partial charge in [0.15, 0.2) is 5.69 Å². The molecule has 9 heteroatoms. The summed E-state index contributed by atoms with van der Waals surface area (Å²) in [6.45, 7) is 4.32. The molecular weight excluding hydrogens is 301 g/mol. The molecule has 0 saturated carbocycles. The molecule has 0 radical (unpaired) electrons. The van der Waals surface area contributed by atoms with Gasteiger partial charge in [-0.2, -0.15) is 18.3 Å². The minimum atomic E-state index is -4.50. The lowest BCUT2D eigenvalue weighted by molar-refractivity contribution is -0.142. The van der Waals surface area contributed by atoms with Crippen LogP contribution in [0.3, 0.4) is 0 Å². The standard InChI is InChI=1S/C13H19F3N4O2/c1-8(2)18-12(21)17-4-5-20-10-3-6-22-7-9(10)11(19-20)13(14,15)16/h8H,3-7H2,1-2H3,(H2,17,18,21). The third-order valence-corrected chi connectivity index (χ3v) is 3.19. The van der Waals surface area contributed by atoms with Crippen molar-refractivity contribution in [1.82, 2.24) is 20.4 Å². The molecule has 0 aliphatic carbocycles. The largest absolute Gasteiger partial charge is 0.435 e. The van der Waals surface area contributed by atoms with Crippen LogP contribution in [-0.4, -0.2) is 35.0 Å². The van der Waals surface area contributed by atoms with Crippen molar-refractivity contribution in [2.75, 3.05) is 13.2 Å². The first kappa shape index (κ1) is 16.6. The molecule has 0 spiro atoms. The van der Waals surface area contributed by atoms with E-state index in [0.717, 1.165) is 0 Å². The van der Waals surface area contributed by atoms with E-state index in [-0.39, 0.29) is 37.3 Å². The van der Waals surface area contributed by atoms with Gasteiger partial charge in [0.05, 0.1) is 19.8 Å². The number of nitrogens with one attached hydrogen (secondary N) is 2. The number of amides is 2. The Bertz CT molecular complexity index is 540. The number of carbonyl (C=O) groups excluding carboxylic acids is 1. The molecule has 0 saturated heterocycles. The van der Waals surface area contributed by atoms with Gasteiger partial charge in [-0.25, -0.2) is 4.79 Å². The molecule has 2 rings (SSSR count). The van der Waals surface area contributed by atoms with Crippen LogP contribution in [0.5, 0.6) is 0 Å². The number of carbonyl (C=O) groups is 1. The number of fused-ring (bicyclic) bond motifs is 1. The van der Waals surface area contributed by atoms with Crippen LogP contribution in [0.15, 0.2) is 0 Å². The van der Waals surface area contributed by atoms with E-state index < -0.39 is 11.9 Å². The summed E-state index contributed by atoms with van der Waals surface area (Å²) in [4.78, 5) is 11.4. The van der Waals surface area contributed by atoms with Crippen molar-refractivity contribution in [3.8, 4) is 0 Å². The highest BCUT2D eigenvalue weighted by atomic mass is 19.4. The number of alkyl halides is 3. The Kier molecular flexibility index (Phi) is 4.94. The summed E-state index contributed by atoms with van der Waals surface area (Å²) in [7, 11) is 0. The molecule has 0 aromatic carbocycles. The van der Waals surface area contributed by atoms with Crippen molar-refractivity contribution in [2.45, 2.75) is 45.6 Å². The summed E-state index contributed by atoms with van der Waals surface area (Å²) in [6, 6.07) is -0.359. The Morgan fingerprint density at radius 1 is 1.45 bits per heavy atom. The summed E-state index contributed by atoms with van der Waals surface area (Å²) in [5, 5.41) is 8.90. The van der Waals surface area contributed by atoms with Gasteiger partial charge < -0.3 is 15.4 Å². The van der Waals surface area contributed by atoms with Crippen molar-refractivity contribution in [2.24, 2.45) is 0 Å². The Balaban J connectivity index is 2.05. The van der Waals surface area contributed by atoms with Gasteiger partial charge in [0, 0.05) is 30.3 Å². The minimum absolute atomic E-state index is 0.00792. The zero-order chi connectivity index (χ0) is 16.3. The lowest BCUT2D eigenvalue weighted by atomic mass is 10.1. The summed E-state index contributed by atoms with van der Waals surface area (Å²) < 4.78 is 45.3. The molecule has 0 unspecified atom stereocenters. The maximum absolute atomic E-state index is 13.0. The van der Waals surface area contributed by atoms with Crippen LogP contribution in [0, 0.1) is 0 Å². The lowest BCUT2D eigenvalue weighted by Gasteiger charge is -2.16. The van der Waals surface area contributed by atoms with Crippen molar-refractivity contribution in [3.63, 3.8) is 0 Å². The van der Waals surface area contributed by atoms with E-state index in [1.807, 2.05) is 13.8 Å². The number of hydrogen-bond acceptors (Lipinski definition) is 3. The van der Waals surface area contributed by atoms with Crippen LogP contribution in [0.4, 0.5) is 18.0 Å². The van der Waals surface area contributed by atoms with Gasteiger partial charge in [-0.15, -0.1) is 0 Å².